The summed E-state index contributed by atoms with van der Waals surface area (Å²) in [5.74, 6) is -0.778. The molecule has 26 heavy (non-hydrogen) atoms. The molecule has 6 heteroatoms. The first-order valence-electron chi connectivity index (χ1n) is 9.38. The molecule has 1 amide bonds. The highest BCUT2D eigenvalue weighted by Crippen LogP contribution is 2.36. The molecule has 2 aliphatic heterocycles. The van der Waals surface area contributed by atoms with Gasteiger partial charge in [0.25, 0.3) is 0 Å². The smallest absolute Gasteiger partial charge is 0.314 e. The monoisotopic (exact) mass is 361 g/mol. The molecule has 1 aromatic rings. The summed E-state index contributed by atoms with van der Waals surface area (Å²) in [6.07, 6.45) is 3.48. The van der Waals surface area contributed by atoms with Gasteiger partial charge in [-0.3, -0.25) is 9.59 Å². The van der Waals surface area contributed by atoms with Crippen LogP contribution < -0.4 is 0 Å². The molecule has 2 fully saturated rings. The predicted octanol–water partition coefficient (Wildman–Crippen LogP) is 2.22. The van der Waals surface area contributed by atoms with Gasteiger partial charge >= 0.3 is 5.97 Å². The molecular formula is C20H27NO5. The lowest BCUT2D eigenvalue weighted by atomic mass is 9.73. The van der Waals surface area contributed by atoms with Crippen LogP contribution in [0, 0.1) is 0 Å². The molecule has 6 nitrogen and oxygen atoms in total. The fourth-order valence-corrected chi connectivity index (χ4v) is 3.83. The van der Waals surface area contributed by atoms with Gasteiger partial charge in [0.15, 0.2) is 0 Å². The van der Waals surface area contributed by atoms with Crippen molar-refractivity contribution < 1.29 is 24.2 Å². The van der Waals surface area contributed by atoms with Crippen molar-refractivity contribution in [3.8, 4) is 0 Å². The van der Waals surface area contributed by atoms with Crippen LogP contribution in [0.5, 0.6) is 0 Å². The third kappa shape index (κ3) is 4.24. The summed E-state index contributed by atoms with van der Waals surface area (Å²) in [6.45, 7) is 2.66. The second kappa shape index (κ2) is 8.64. The van der Waals surface area contributed by atoms with Crippen LogP contribution in [-0.4, -0.2) is 60.9 Å². The number of piperidine rings is 1. The van der Waals surface area contributed by atoms with Crippen LogP contribution >= 0.6 is 0 Å². The number of ether oxygens (including phenoxy) is 2. The number of carboxylic acids is 1. The van der Waals surface area contributed by atoms with Crippen LogP contribution in [-0.2, 0) is 24.5 Å². The highest BCUT2D eigenvalue weighted by molar-refractivity contribution is 5.82. The summed E-state index contributed by atoms with van der Waals surface area (Å²) in [5.41, 5.74) is -0.0755. The number of nitrogens with zero attached hydrogens (tertiary/aromatic N) is 1. The molecule has 1 unspecified atom stereocenters. The van der Waals surface area contributed by atoms with Crippen LogP contribution in [0.2, 0.25) is 0 Å². The van der Waals surface area contributed by atoms with Crippen molar-refractivity contribution in [2.24, 2.45) is 0 Å². The first-order chi connectivity index (χ1) is 12.6. The average Bonchev–Trinajstić information content (AvgIpc) is 3.19. The highest BCUT2D eigenvalue weighted by Gasteiger charge is 2.43. The Bertz CT molecular complexity index is 604. The molecule has 1 atom stereocenters. The third-order valence-corrected chi connectivity index (χ3v) is 5.49. The SMILES string of the molecule is O=C(CCOCC1CCCO1)N1CCC(C(=O)O)(c2ccccc2)CC1. The minimum Gasteiger partial charge on any atom is -0.481 e. The summed E-state index contributed by atoms with van der Waals surface area (Å²) in [5, 5.41) is 9.81. The number of aliphatic carboxylic acids is 1. The maximum atomic E-state index is 12.4. The molecule has 2 aliphatic rings. The van der Waals surface area contributed by atoms with Crippen molar-refractivity contribution in [2.45, 2.75) is 43.6 Å². The van der Waals surface area contributed by atoms with Gasteiger partial charge in [-0.25, -0.2) is 0 Å². The molecule has 3 rings (SSSR count). The molecule has 1 N–H and O–H groups in total. The second-order valence-corrected chi connectivity index (χ2v) is 7.09. The third-order valence-electron chi connectivity index (χ3n) is 5.49. The lowest BCUT2D eigenvalue weighted by Crippen LogP contribution is -2.49. The highest BCUT2D eigenvalue weighted by atomic mass is 16.5. The van der Waals surface area contributed by atoms with Crippen molar-refractivity contribution >= 4 is 11.9 Å². The van der Waals surface area contributed by atoms with E-state index in [0.717, 1.165) is 25.0 Å². The van der Waals surface area contributed by atoms with Crippen LogP contribution in [0.15, 0.2) is 30.3 Å². The van der Waals surface area contributed by atoms with Crippen molar-refractivity contribution in [1.82, 2.24) is 4.90 Å². The minimum atomic E-state index is -0.894. The van der Waals surface area contributed by atoms with Crippen LogP contribution in [0.25, 0.3) is 0 Å². The van der Waals surface area contributed by atoms with Crippen molar-refractivity contribution in [3.05, 3.63) is 35.9 Å². The number of carboxylic acid groups (broad SMARTS) is 1. The molecule has 0 spiro atoms. The van der Waals surface area contributed by atoms with E-state index in [2.05, 4.69) is 0 Å². The van der Waals surface area contributed by atoms with E-state index in [4.69, 9.17) is 9.47 Å². The first kappa shape index (κ1) is 18.9. The van der Waals surface area contributed by atoms with Gasteiger partial charge in [-0.15, -0.1) is 0 Å². The number of carbonyl (C=O) groups excluding carboxylic acids is 1. The fourth-order valence-electron chi connectivity index (χ4n) is 3.83. The molecule has 142 valence electrons. The van der Waals surface area contributed by atoms with Gasteiger partial charge in [-0.05, 0) is 31.2 Å². The number of likely N-dealkylation sites (tertiary alicyclic amines) is 1. The molecule has 1 aromatic carbocycles. The molecule has 0 bridgehead atoms. The number of carbonyl (C=O) groups is 2. The maximum Gasteiger partial charge on any atom is 0.314 e. The van der Waals surface area contributed by atoms with Crippen molar-refractivity contribution in [3.63, 3.8) is 0 Å². The second-order valence-electron chi connectivity index (χ2n) is 7.09. The van der Waals surface area contributed by atoms with Crippen LogP contribution in [0.3, 0.4) is 0 Å². The predicted molar refractivity (Wildman–Crippen MR) is 96.0 cm³/mol. The summed E-state index contributed by atoms with van der Waals surface area (Å²) in [4.78, 5) is 26.1. The van der Waals surface area contributed by atoms with Gasteiger partial charge in [0.05, 0.1) is 31.2 Å². The molecular weight excluding hydrogens is 334 g/mol. The Kier molecular flexibility index (Phi) is 6.27. The fraction of sp³-hybridized carbons (Fsp3) is 0.600. The summed E-state index contributed by atoms with van der Waals surface area (Å²) < 4.78 is 11.0. The Morgan fingerprint density at radius 3 is 2.58 bits per heavy atom. The molecule has 0 aromatic heterocycles. The van der Waals surface area contributed by atoms with Gasteiger partial charge < -0.3 is 19.5 Å². The van der Waals surface area contributed by atoms with E-state index >= 15 is 0 Å². The zero-order valence-corrected chi connectivity index (χ0v) is 15.1. The number of hydrogen-bond donors (Lipinski definition) is 1. The number of amides is 1. The molecule has 0 saturated carbocycles. The normalized spacial score (nSPS) is 22.3. The van der Waals surface area contributed by atoms with Crippen LogP contribution in [0.1, 0.15) is 37.7 Å². The van der Waals surface area contributed by atoms with Gasteiger partial charge in [0.2, 0.25) is 5.91 Å². The van der Waals surface area contributed by atoms with Crippen molar-refractivity contribution in [1.29, 1.82) is 0 Å². The maximum absolute atomic E-state index is 12.4. The Hall–Kier alpha value is -1.92. The summed E-state index contributed by atoms with van der Waals surface area (Å²) in [6, 6.07) is 9.34. The quantitative estimate of drug-likeness (QED) is 0.754. The summed E-state index contributed by atoms with van der Waals surface area (Å²) in [7, 11) is 0. The van der Waals surface area contributed by atoms with E-state index in [0.29, 0.717) is 45.6 Å². The van der Waals surface area contributed by atoms with Crippen LogP contribution in [0.4, 0.5) is 0 Å². The number of benzene rings is 1. The molecule has 2 heterocycles. The Morgan fingerprint density at radius 2 is 1.96 bits per heavy atom. The standard InChI is InChI=1S/C20H27NO5/c22-18(8-14-25-15-17-7-4-13-26-17)21-11-9-20(10-12-21,19(23)24)16-5-2-1-3-6-16/h1-3,5-6,17H,4,7-15H2,(H,23,24). The zero-order chi connectivity index (χ0) is 18.4. The van der Waals surface area contributed by atoms with E-state index in [1.807, 2.05) is 30.3 Å². The van der Waals surface area contributed by atoms with E-state index < -0.39 is 11.4 Å². The van der Waals surface area contributed by atoms with E-state index in [9.17, 15) is 14.7 Å². The number of hydrogen-bond acceptors (Lipinski definition) is 4. The Labute approximate surface area is 154 Å². The lowest BCUT2D eigenvalue weighted by Gasteiger charge is -2.39. The lowest BCUT2D eigenvalue weighted by molar-refractivity contribution is -0.148. The Morgan fingerprint density at radius 1 is 1.23 bits per heavy atom. The molecule has 0 aliphatic carbocycles. The first-order valence-corrected chi connectivity index (χ1v) is 9.38. The Balaban J connectivity index is 1.47. The van der Waals surface area contributed by atoms with Gasteiger partial charge in [-0.2, -0.15) is 0 Å². The topological polar surface area (TPSA) is 76.1 Å². The number of rotatable bonds is 7. The van der Waals surface area contributed by atoms with E-state index in [-0.39, 0.29) is 12.0 Å². The van der Waals surface area contributed by atoms with E-state index in [1.165, 1.54) is 0 Å². The van der Waals surface area contributed by atoms with Gasteiger partial charge in [-0.1, -0.05) is 30.3 Å². The van der Waals surface area contributed by atoms with Gasteiger partial charge in [0, 0.05) is 19.7 Å². The van der Waals surface area contributed by atoms with E-state index in [1.54, 1.807) is 4.90 Å². The zero-order valence-electron chi connectivity index (χ0n) is 15.1. The minimum absolute atomic E-state index is 0.0318. The van der Waals surface area contributed by atoms with Gasteiger partial charge in [0.1, 0.15) is 0 Å². The van der Waals surface area contributed by atoms with Crippen molar-refractivity contribution in [2.75, 3.05) is 32.9 Å². The summed E-state index contributed by atoms with van der Waals surface area (Å²) >= 11 is 0. The average molecular weight is 361 g/mol. The molecule has 0 radical (unpaired) electrons. The molecule has 2 saturated heterocycles. The largest absolute Gasteiger partial charge is 0.481 e.